The number of hydrogen-bond acceptors (Lipinski definition) is 3. The molecular formula is C6H9NO2. The second kappa shape index (κ2) is 2.34. The lowest BCUT2D eigenvalue weighted by molar-refractivity contribution is 0.0438. The Morgan fingerprint density at radius 1 is 1.22 bits per heavy atom. The smallest absolute Gasteiger partial charge is 0.0812 e. The zero-order valence-corrected chi connectivity index (χ0v) is 4.99. The summed E-state index contributed by atoms with van der Waals surface area (Å²) in [6, 6.07) is 2.00. The summed E-state index contributed by atoms with van der Waals surface area (Å²) in [5.74, 6) is -0.144. The standard InChI is InChI=1S/C6H9NO2/c7-3-4-1-5(8)6(9)2-4/h4-6,8-9H,1-2H2/t4-,5+,6-. The predicted octanol–water partition coefficient (Wildman–Crippen LogP) is -0.358. The maximum absolute atomic E-state index is 8.90. The van der Waals surface area contributed by atoms with Crippen LogP contribution in [0.2, 0.25) is 0 Å². The second-order valence-electron chi connectivity index (χ2n) is 2.43. The summed E-state index contributed by atoms with van der Waals surface area (Å²) in [5, 5.41) is 26.1. The zero-order valence-electron chi connectivity index (χ0n) is 4.99. The molecule has 2 N–H and O–H groups in total. The Morgan fingerprint density at radius 3 is 1.89 bits per heavy atom. The van der Waals surface area contributed by atoms with Crippen LogP contribution in [0.5, 0.6) is 0 Å². The fraction of sp³-hybridized carbons (Fsp3) is 0.833. The van der Waals surface area contributed by atoms with Gasteiger partial charge in [0, 0.05) is 0 Å². The van der Waals surface area contributed by atoms with E-state index in [9.17, 15) is 0 Å². The van der Waals surface area contributed by atoms with Gasteiger partial charge in [-0.2, -0.15) is 5.26 Å². The molecule has 0 spiro atoms. The van der Waals surface area contributed by atoms with Crippen LogP contribution < -0.4 is 0 Å². The van der Waals surface area contributed by atoms with Crippen molar-refractivity contribution in [3.8, 4) is 6.07 Å². The Hall–Kier alpha value is -0.590. The Balaban J connectivity index is 2.46. The molecule has 0 bridgehead atoms. The number of hydrogen-bond donors (Lipinski definition) is 2. The van der Waals surface area contributed by atoms with Gasteiger partial charge in [0.15, 0.2) is 0 Å². The fourth-order valence-electron chi connectivity index (χ4n) is 1.10. The molecule has 1 saturated carbocycles. The molecule has 0 amide bonds. The number of aliphatic hydroxyl groups excluding tert-OH is 2. The largest absolute Gasteiger partial charge is 0.390 e. The third kappa shape index (κ3) is 1.21. The minimum Gasteiger partial charge on any atom is -0.390 e. The highest BCUT2D eigenvalue weighted by atomic mass is 16.3. The number of aliphatic hydroxyl groups is 2. The third-order valence-corrected chi connectivity index (χ3v) is 1.68. The molecule has 0 aliphatic heterocycles. The van der Waals surface area contributed by atoms with Crippen molar-refractivity contribution < 1.29 is 10.2 Å². The van der Waals surface area contributed by atoms with Crippen LogP contribution in [0.3, 0.4) is 0 Å². The minimum absolute atomic E-state index is 0.144. The summed E-state index contributed by atoms with van der Waals surface area (Å²) < 4.78 is 0. The highest BCUT2D eigenvalue weighted by Gasteiger charge is 2.30. The molecule has 9 heavy (non-hydrogen) atoms. The van der Waals surface area contributed by atoms with Crippen LogP contribution in [0.4, 0.5) is 0 Å². The Bertz CT molecular complexity index is 130. The van der Waals surface area contributed by atoms with E-state index in [-0.39, 0.29) is 5.92 Å². The van der Waals surface area contributed by atoms with Crippen LogP contribution in [0.15, 0.2) is 0 Å². The van der Waals surface area contributed by atoms with Crippen molar-refractivity contribution in [3.05, 3.63) is 0 Å². The van der Waals surface area contributed by atoms with Crippen LogP contribution in [-0.2, 0) is 0 Å². The van der Waals surface area contributed by atoms with Crippen molar-refractivity contribution in [1.82, 2.24) is 0 Å². The van der Waals surface area contributed by atoms with Crippen molar-refractivity contribution in [2.75, 3.05) is 0 Å². The molecule has 0 aromatic heterocycles. The monoisotopic (exact) mass is 127 g/mol. The summed E-state index contributed by atoms with van der Waals surface area (Å²) >= 11 is 0. The second-order valence-corrected chi connectivity index (χ2v) is 2.43. The first-order valence-electron chi connectivity index (χ1n) is 3.00. The van der Waals surface area contributed by atoms with Crippen LogP contribution in [-0.4, -0.2) is 22.4 Å². The predicted molar refractivity (Wildman–Crippen MR) is 30.4 cm³/mol. The highest BCUT2D eigenvalue weighted by molar-refractivity contribution is 4.94. The molecule has 3 nitrogen and oxygen atoms in total. The number of nitrogens with zero attached hydrogens (tertiary/aromatic N) is 1. The van der Waals surface area contributed by atoms with E-state index < -0.39 is 12.2 Å². The Morgan fingerprint density at radius 2 is 1.67 bits per heavy atom. The third-order valence-electron chi connectivity index (χ3n) is 1.68. The molecule has 1 fully saturated rings. The van der Waals surface area contributed by atoms with Crippen molar-refractivity contribution in [3.63, 3.8) is 0 Å². The average Bonchev–Trinajstić information content (AvgIpc) is 2.13. The van der Waals surface area contributed by atoms with Crippen molar-refractivity contribution in [2.24, 2.45) is 5.92 Å². The lowest BCUT2D eigenvalue weighted by atomic mass is 10.1. The van der Waals surface area contributed by atoms with E-state index in [2.05, 4.69) is 0 Å². The van der Waals surface area contributed by atoms with Gasteiger partial charge in [0.05, 0.1) is 24.2 Å². The summed E-state index contributed by atoms with van der Waals surface area (Å²) in [6.45, 7) is 0. The fourth-order valence-corrected chi connectivity index (χ4v) is 1.10. The highest BCUT2D eigenvalue weighted by Crippen LogP contribution is 2.24. The van der Waals surface area contributed by atoms with Gasteiger partial charge in [0.1, 0.15) is 0 Å². The molecule has 50 valence electrons. The van der Waals surface area contributed by atoms with Gasteiger partial charge in [0.2, 0.25) is 0 Å². The van der Waals surface area contributed by atoms with Gasteiger partial charge in [-0.25, -0.2) is 0 Å². The maximum atomic E-state index is 8.90. The van der Waals surface area contributed by atoms with Gasteiger partial charge in [0.25, 0.3) is 0 Å². The van der Waals surface area contributed by atoms with Gasteiger partial charge >= 0.3 is 0 Å². The molecule has 3 atom stereocenters. The average molecular weight is 127 g/mol. The first-order valence-corrected chi connectivity index (χ1v) is 3.00. The topological polar surface area (TPSA) is 64.2 Å². The molecule has 0 aromatic carbocycles. The van der Waals surface area contributed by atoms with E-state index >= 15 is 0 Å². The van der Waals surface area contributed by atoms with Gasteiger partial charge in [-0.1, -0.05) is 0 Å². The SMILES string of the molecule is N#C[C@H]1C[C@@H](O)[C@@H](O)C1. The van der Waals surface area contributed by atoms with Gasteiger partial charge in [-0.3, -0.25) is 0 Å². The Kier molecular flexibility index (Phi) is 1.70. The molecule has 0 aromatic rings. The molecular weight excluding hydrogens is 118 g/mol. The van der Waals surface area contributed by atoms with Gasteiger partial charge in [-0.05, 0) is 12.8 Å². The molecule has 0 unspecified atom stereocenters. The van der Waals surface area contributed by atoms with Crippen molar-refractivity contribution >= 4 is 0 Å². The van der Waals surface area contributed by atoms with Crippen molar-refractivity contribution in [1.29, 1.82) is 5.26 Å². The maximum Gasteiger partial charge on any atom is 0.0812 e. The molecule has 0 saturated heterocycles. The van der Waals surface area contributed by atoms with Crippen LogP contribution in [0.1, 0.15) is 12.8 Å². The molecule has 0 heterocycles. The Labute approximate surface area is 53.5 Å². The number of nitriles is 1. The lowest BCUT2D eigenvalue weighted by Crippen LogP contribution is -2.17. The van der Waals surface area contributed by atoms with Crippen LogP contribution in [0, 0.1) is 17.2 Å². The quantitative estimate of drug-likeness (QED) is 0.467. The number of rotatable bonds is 0. The van der Waals surface area contributed by atoms with Crippen molar-refractivity contribution in [2.45, 2.75) is 25.0 Å². The van der Waals surface area contributed by atoms with E-state index in [4.69, 9.17) is 15.5 Å². The minimum atomic E-state index is -0.672. The molecule has 1 aliphatic rings. The molecule has 1 aliphatic carbocycles. The molecule has 0 radical (unpaired) electrons. The first kappa shape index (κ1) is 6.53. The molecule has 3 heteroatoms. The first-order chi connectivity index (χ1) is 4.24. The van der Waals surface area contributed by atoms with E-state index in [0.29, 0.717) is 12.8 Å². The lowest BCUT2D eigenvalue weighted by Gasteiger charge is -2.02. The summed E-state index contributed by atoms with van der Waals surface area (Å²) in [7, 11) is 0. The molecule has 1 rings (SSSR count). The van der Waals surface area contributed by atoms with Gasteiger partial charge in [-0.15, -0.1) is 0 Å². The van der Waals surface area contributed by atoms with E-state index in [1.165, 1.54) is 0 Å². The van der Waals surface area contributed by atoms with Crippen LogP contribution >= 0.6 is 0 Å². The summed E-state index contributed by atoms with van der Waals surface area (Å²) in [6.07, 6.45) is -0.487. The van der Waals surface area contributed by atoms with Gasteiger partial charge < -0.3 is 10.2 Å². The van der Waals surface area contributed by atoms with E-state index in [1.54, 1.807) is 0 Å². The van der Waals surface area contributed by atoms with E-state index in [0.717, 1.165) is 0 Å². The zero-order chi connectivity index (χ0) is 6.85. The normalized spacial score (nSPS) is 42.6. The van der Waals surface area contributed by atoms with E-state index in [1.807, 2.05) is 6.07 Å². The summed E-state index contributed by atoms with van der Waals surface area (Å²) in [4.78, 5) is 0. The van der Waals surface area contributed by atoms with Crippen LogP contribution in [0.25, 0.3) is 0 Å². The summed E-state index contributed by atoms with van der Waals surface area (Å²) in [5.41, 5.74) is 0.